The lowest BCUT2D eigenvalue weighted by atomic mass is 9.81. The van der Waals surface area contributed by atoms with Gasteiger partial charge in [0.1, 0.15) is 0 Å². The van der Waals surface area contributed by atoms with Gasteiger partial charge < -0.3 is 19.9 Å². The molecule has 0 aliphatic carbocycles. The number of anilines is 1. The van der Waals surface area contributed by atoms with Gasteiger partial charge in [-0.25, -0.2) is 9.97 Å². The van der Waals surface area contributed by atoms with Gasteiger partial charge in [0.2, 0.25) is 11.9 Å². The minimum Gasteiger partial charge on any atom is -0.399 e. The van der Waals surface area contributed by atoms with E-state index in [1.807, 2.05) is 27.7 Å². The molecule has 0 radical (unpaired) electrons. The number of aromatic nitrogens is 2. The van der Waals surface area contributed by atoms with Crippen molar-refractivity contribution in [1.82, 2.24) is 15.3 Å². The normalized spacial score (nSPS) is 18.7. The molecule has 0 saturated carbocycles. The zero-order valence-corrected chi connectivity index (χ0v) is 14.5. The molecule has 2 heterocycles. The molecule has 0 aromatic carbocycles. The number of hydrogen-bond donors (Lipinski definition) is 2. The van der Waals surface area contributed by atoms with Crippen LogP contribution in [0.4, 0.5) is 5.95 Å². The first-order valence-corrected chi connectivity index (χ1v) is 7.87. The molecule has 7 nitrogen and oxygen atoms in total. The molecule has 0 spiro atoms. The lowest BCUT2D eigenvalue weighted by Gasteiger charge is -2.32. The summed E-state index contributed by atoms with van der Waals surface area (Å²) in [6, 6.07) is 0. The minimum atomic E-state index is -0.450. The number of nitrogens with one attached hydrogen (secondary N) is 2. The Bertz CT molecular complexity index is 532. The number of carbonyl (C=O) groups excluding carboxylic acids is 1. The average Bonchev–Trinajstić information content (AvgIpc) is 2.67. The first-order valence-electron chi connectivity index (χ1n) is 7.87. The lowest BCUT2D eigenvalue weighted by molar-refractivity contribution is -0.118. The second kappa shape index (κ2) is 6.84. The van der Waals surface area contributed by atoms with Crippen molar-refractivity contribution in [2.45, 2.75) is 52.2 Å². The molecule has 1 saturated heterocycles. The number of amides is 1. The molecule has 0 atom stereocenters. The molecule has 1 aliphatic heterocycles. The number of nitrogens with zero attached hydrogens (tertiary/aromatic N) is 2. The maximum Gasteiger partial charge on any atom is 0.498 e. The Kier molecular flexibility index (Phi) is 5.26. The molecule has 2 rings (SSSR count). The highest BCUT2D eigenvalue weighted by Crippen LogP contribution is 2.36. The van der Waals surface area contributed by atoms with Crippen LogP contribution in [0.5, 0.6) is 0 Å². The summed E-state index contributed by atoms with van der Waals surface area (Å²) in [6.45, 7) is 10.9. The van der Waals surface area contributed by atoms with Gasteiger partial charge >= 0.3 is 7.12 Å². The summed E-state index contributed by atoms with van der Waals surface area (Å²) in [5, 5.41) is 5.85. The maximum absolute atomic E-state index is 10.8. The Morgan fingerprint density at radius 2 is 1.70 bits per heavy atom. The molecular formula is C15H25BN4O3. The molecule has 1 fully saturated rings. The third-order valence-corrected chi connectivity index (χ3v) is 4.21. The highest BCUT2D eigenvalue weighted by Gasteiger charge is 2.51. The fourth-order valence-electron chi connectivity index (χ4n) is 2.08. The average molecular weight is 320 g/mol. The van der Waals surface area contributed by atoms with Crippen LogP contribution >= 0.6 is 0 Å². The third-order valence-electron chi connectivity index (χ3n) is 4.21. The van der Waals surface area contributed by atoms with Crippen molar-refractivity contribution in [2.75, 3.05) is 18.4 Å². The Labute approximate surface area is 137 Å². The summed E-state index contributed by atoms with van der Waals surface area (Å²) in [7, 11) is -0.450. The summed E-state index contributed by atoms with van der Waals surface area (Å²) >= 11 is 0. The third kappa shape index (κ3) is 4.42. The monoisotopic (exact) mass is 320 g/mol. The van der Waals surface area contributed by atoms with E-state index in [9.17, 15) is 4.79 Å². The van der Waals surface area contributed by atoms with Crippen LogP contribution in [-0.4, -0.2) is 47.3 Å². The van der Waals surface area contributed by atoms with E-state index in [2.05, 4.69) is 20.6 Å². The van der Waals surface area contributed by atoms with Crippen LogP contribution in [0, 0.1) is 0 Å². The number of rotatable bonds is 6. The van der Waals surface area contributed by atoms with Crippen LogP contribution in [0.1, 0.15) is 41.0 Å². The standard InChI is InChI=1S/C15H25BN4O3/c1-11(21)17-7-6-8-18-13-19-9-12(10-20-13)16-22-14(2,3)15(4,5)23-16/h9-10H,6-8H2,1-5H3,(H,17,21)(H,18,19,20). The van der Waals surface area contributed by atoms with Gasteiger partial charge in [0, 0.05) is 37.9 Å². The van der Waals surface area contributed by atoms with E-state index in [0.29, 0.717) is 19.0 Å². The van der Waals surface area contributed by atoms with Crippen LogP contribution in [0.3, 0.4) is 0 Å². The van der Waals surface area contributed by atoms with Crippen LogP contribution in [-0.2, 0) is 14.1 Å². The molecule has 1 amide bonds. The van der Waals surface area contributed by atoms with E-state index in [-0.39, 0.29) is 17.1 Å². The quantitative estimate of drug-likeness (QED) is 0.593. The zero-order valence-electron chi connectivity index (χ0n) is 14.5. The Morgan fingerprint density at radius 3 is 2.22 bits per heavy atom. The van der Waals surface area contributed by atoms with Crippen molar-refractivity contribution in [3.8, 4) is 0 Å². The first kappa shape index (κ1) is 17.7. The van der Waals surface area contributed by atoms with Gasteiger partial charge in [0.05, 0.1) is 11.2 Å². The number of hydrogen-bond acceptors (Lipinski definition) is 6. The Balaban J connectivity index is 1.85. The predicted octanol–water partition coefficient (Wildman–Crippen LogP) is 0.714. The highest BCUT2D eigenvalue weighted by atomic mass is 16.7. The molecule has 0 bridgehead atoms. The smallest absolute Gasteiger partial charge is 0.399 e. The fourth-order valence-corrected chi connectivity index (χ4v) is 2.08. The van der Waals surface area contributed by atoms with E-state index in [4.69, 9.17) is 9.31 Å². The molecule has 8 heteroatoms. The second-order valence-corrected chi connectivity index (χ2v) is 6.69. The van der Waals surface area contributed by atoms with E-state index in [0.717, 1.165) is 11.9 Å². The summed E-state index contributed by atoms with van der Waals surface area (Å²) in [4.78, 5) is 19.3. The van der Waals surface area contributed by atoms with Gasteiger partial charge in [0.15, 0.2) is 0 Å². The van der Waals surface area contributed by atoms with E-state index in [1.165, 1.54) is 6.92 Å². The van der Waals surface area contributed by atoms with Gasteiger partial charge in [-0.05, 0) is 34.1 Å². The summed E-state index contributed by atoms with van der Waals surface area (Å²) in [5.74, 6) is 0.529. The van der Waals surface area contributed by atoms with Crippen molar-refractivity contribution >= 4 is 24.4 Å². The van der Waals surface area contributed by atoms with Crippen LogP contribution < -0.4 is 16.1 Å². The topological polar surface area (TPSA) is 85.4 Å². The second-order valence-electron chi connectivity index (χ2n) is 6.69. The van der Waals surface area contributed by atoms with Crippen molar-refractivity contribution in [3.63, 3.8) is 0 Å². The molecule has 1 aromatic heterocycles. The van der Waals surface area contributed by atoms with E-state index < -0.39 is 7.12 Å². The van der Waals surface area contributed by atoms with Gasteiger partial charge in [-0.3, -0.25) is 4.79 Å². The molecule has 23 heavy (non-hydrogen) atoms. The fraction of sp³-hybridized carbons (Fsp3) is 0.667. The molecule has 1 aliphatic rings. The highest BCUT2D eigenvalue weighted by molar-refractivity contribution is 6.61. The molecular weight excluding hydrogens is 295 g/mol. The van der Waals surface area contributed by atoms with Gasteiger partial charge in [0.25, 0.3) is 0 Å². The first-order chi connectivity index (χ1) is 10.7. The predicted molar refractivity (Wildman–Crippen MR) is 89.5 cm³/mol. The molecule has 2 N–H and O–H groups in total. The number of carbonyl (C=O) groups is 1. The maximum atomic E-state index is 10.8. The van der Waals surface area contributed by atoms with Crippen molar-refractivity contribution in [3.05, 3.63) is 12.4 Å². The van der Waals surface area contributed by atoms with Crippen molar-refractivity contribution in [2.24, 2.45) is 0 Å². The largest absolute Gasteiger partial charge is 0.498 e. The Hall–Kier alpha value is -1.67. The van der Waals surface area contributed by atoms with Crippen molar-refractivity contribution in [1.29, 1.82) is 0 Å². The van der Waals surface area contributed by atoms with E-state index >= 15 is 0 Å². The molecule has 1 aromatic rings. The van der Waals surface area contributed by atoms with Crippen LogP contribution in [0.2, 0.25) is 0 Å². The van der Waals surface area contributed by atoms with Gasteiger partial charge in [-0.1, -0.05) is 0 Å². The molecule has 126 valence electrons. The van der Waals surface area contributed by atoms with E-state index in [1.54, 1.807) is 12.4 Å². The van der Waals surface area contributed by atoms with Crippen LogP contribution in [0.15, 0.2) is 12.4 Å². The zero-order chi connectivity index (χ0) is 17.1. The Morgan fingerprint density at radius 1 is 1.13 bits per heavy atom. The van der Waals surface area contributed by atoms with Crippen molar-refractivity contribution < 1.29 is 14.1 Å². The summed E-state index contributed by atoms with van der Waals surface area (Å²) in [5.41, 5.74) is 0.0452. The minimum absolute atomic E-state index is 0.0204. The SMILES string of the molecule is CC(=O)NCCCNc1ncc(B2OC(C)(C)C(C)(C)O2)cn1. The lowest BCUT2D eigenvalue weighted by Crippen LogP contribution is -2.41. The van der Waals surface area contributed by atoms with Gasteiger partial charge in [-0.2, -0.15) is 0 Å². The summed E-state index contributed by atoms with van der Waals surface area (Å²) in [6.07, 6.45) is 4.23. The summed E-state index contributed by atoms with van der Waals surface area (Å²) < 4.78 is 11.9. The van der Waals surface area contributed by atoms with Crippen LogP contribution in [0.25, 0.3) is 0 Å². The van der Waals surface area contributed by atoms with Gasteiger partial charge in [-0.15, -0.1) is 0 Å². The molecule has 0 unspecified atom stereocenters.